The van der Waals surface area contributed by atoms with Gasteiger partial charge in [0.15, 0.2) is 5.78 Å². The molecule has 0 unspecified atom stereocenters. The summed E-state index contributed by atoms with van der Waals surface area (Å²) in [5, 5.41) is 0. The van der Waals surface area contributed by atoms with Gasteiger partial charge in [-0.25, -0.2) is 0 Å². The summed E-state index contributed by atoms with van der Waals surface area (Å²) in [6.45, 7) is 4.45. The molecule has 0 aromatic heterocycles. The molecule has 92 valence electrons. The van der Waals surface area contributed by atoms with Gasteiger partial charge in [0.05, 0.1) is 0 Å². The molecular formula is C16H22O. The van der Waals surface area contributed by atoms with Crippen LogP contribution in [-0.4, -0.2) is 5.78 Å². The van der Waals surface area contributed by atoms with Gasteiger partial charge in [-0.15, -0.1) is 0 Å². The molecule has 3 atom stereocenters. The molecule has 0 aromatic carbocycles. The molecule has 0 aliphatic heterocycles. The van der Waals surface area contributed by atoms with E-state index in [1.807, 2.05) is 6.92 Å². The predicted octanol–water partition coefficient (Wildman–Crippen LogP) is 4.05. The van der Waals surface area contributed by atoms with Crippen molar-refractivity contribution in [2.75, 3.05) is 0 Å². The number of Topliss-reactive ketones (excluding diaryl/α,β-unsaturated/α-hetero) is 1. The topological polar surface area (TPSA) is 17.1 Å². The number of rotatable bonds is 0. The van der Waals surface area contributed by atoms with Crippen LogP contribution in [0.5, 0.6) is 0 Å². The summed E-state index contributed by atoms with van der Waals surface area (Å²) < 4.78 is 0. The summed E-state index contributed by atoms with van der Waals surface area (Å²) in [7, 11) is 0. The lowest BCUT2D eigenvalue weighted by molar-refractivity contribution is -0.116. The van der Waals surface area contributed by atoms with E-state index in [9.17, 15) is 4.79 Å². The van der Waals surface area contributed by atoms with E-state index in [2.05, 4.69) is 19.1 Å². The molecule has 0 N–H and O–H groups in total. The van der Waals surface area contributed by atoms with E-state index in [0.29, 0.717) is 17.1 Å². The Kier molecular flexibility index (Phi) is 2.53. The number of ketones is 1. The average Bonchev–Trinajstić information content (AvgIpc) is 2.33. The van der Waals surface area contributed by atoms with Crippen molar-refractivity contribution in [1.82, 2.24) is 0 Å². The Balaban J connectivity index is 2.05. The summed E-state index contributed by atoms with van der Waals surface area (Å²) in [5.74, 6) is 1.84. The second kappa shape index (κ2) is 3.83. The van der Waals surface area contributed by atoms with E-state index >= 15 is 0 Å². The summed E-state index contributed by atoms with van der Waals surface area (Å²) in [6.07, 6.45) is 12.0. The summed E-state index contributed by atoms with van der Waals surface area (Å²) in [6, 6.07) is 0. The monoisotopic (exact) mass is 230 g/mol. The first-order valence-electron chi connectivity index (χ1n) is 7.05. The van der Waals surface area contributed by atoms with Crippen LogP contribution in [-0.2, 0) is 4.79 Å². The number of fused-ring (bicyclic) bond motifs is 3. The fraction of sp³-hybridized carbons (Fsp3) is 0.688. The summed E-state index contributed by atoms with van der Waals surface area (Å²) in [5.41, 5.74) is 2.82. The van der Waals surface area contributed by atoms with Crippen LogP contribution in [0.25, 0.3) is 0 Å². The molecule has 3 rings (SSSR count). The fourth-order valence-corrected chi connectivity index (χ4v) is 4.27. The third-order valence-electron chi connectivity index (χ3n) is 5.39. The molecule has 1 saturated carbocycles. The normalized spacial score (nSPS) is 41.2. The Bertz CT molecular complexity index is 415. The zero-order valence-corrected chi connectivity index (χ0v) is 11.0. The minimum Gasteiger partial charge on any atom is -0.295 e. The molecule has 0 amide bonds. The Morgan fingerprint density at radius 3 is 2.94 bits per heavy atom. The minimum absolute atomic E-state index is 0.375. The number of hydrogen-bond donors (Lipinski definition) is 0. The summed E-state index contributed by atoms with van der Waals surface area (Å²) in [4.78, 5) is 11.8. The Hall–Kier alpha value is -0.850. The van der Waals surface area contributed by atoms with Crippen LogP contribution >= 0.6 is 0 Å². The van der Waals surface area contributed by atoms with Crippen LogP contribution in [0.3, 0.4) is 0 Å². The largest absolute Gasteiger partial charge is 0.295 e. The Labute approximate surface area is 104 Å². The van der Waals surface area contributed by atoms with E-state index in [4.69, 9.17) is 0 Å². The number of carbonyl (C=O) groups is 1. The molecule has 0 aromatic rings. The standard InChI is InChI=1S/C16H22O/c1-11-12-8-10-16(2)9-4-3-5-14(16)13(12)6-7-15(11)17/h8,10,13-14H,3-7,9H2,1-2H3/t13-,14-,16-/m1/s1. The zero-order chi connectivity index (χ0) is 12.0. The lowest BCUT2D eigenvalue weighted by Gasteiger charge is -2.48. The van der Waals surface area contributed by atoms with Gasteiger partial charge in [0.25, 0.3) is 0 Å². The van der Waals surface area contributed by atoms with Gasteiger partial charge in [-0.05, 0) is 54.6 Å². The van der Waals surface area contributed by atoms with Gasteiger partial charge < -0.3 is 0 Å². The van der Waals surface area contributed by atoms with Gasteiger partial charge in [-0.1, -0.05) is 31.9 Å². The minimum atomic E-state index is 0.375. The van der Waals surface area contributed by atoms with E-state index in [1.54, 1.807) is 0 Å². The second-order valence-electron chi connectivity index (χ2n) is 6.34. The predicted molar refractivity (Wildman–Crippen MR) is 69.6 cm³/mol. The third kappa shape index (κ3) is 1.63. The third-order valence-corrected chi connectivity index (χ3v) is 5.39. The highest BCUT2D eigenvalue weighted by atomic mass is 16.1. The smallest absolute Gasteiger partial charge is 0.158 e. The van der Waals surface area contributed by atoms with Gasteiger partial charge in [0.1, 0.15) is 0 Å². The van der Waals surface area contributed by atoms with E-state index < -0.39 is 0 Å². The molecule has 3 aliphatic carbocycles. The van der Waals surface area contributed by atoms with Crippen LogP contribution < -0.4 is 0 Å². The van der Waals surface area contributed by atoms with Crippen LogP contribution in [0.1, 0.15) is 52.4 Å². The van der Waals surface area contributed by atoms with E-state index in [1.165, 1.54) is 31.3 Å². The molecule has 1 fully saturated rings. The molecule has 0 heterocycles. The molecular weight excluding hydrogens is 208 g/mol. The molecule has 17 heavy (non-hydrogen) atoms. The zero-order valence-electron chi connectivity index (χ0n) is 11.0. The van der Waals surface area contributed by atoms with Crippen LogP contribution in [0.15, 0.2) is 23.3 Å². The maximum atomic E-state index is 11.8. The highest BCUT2D eigenvalue weighted by Crippen LogP contribution is 2.53. The second-order valence-corrected chi connectivity index (χ2v) is 6.34. The van der Waals surface area contributed by atoms with E-state index in [0.717, 1.165) is 24.3 Å². The molecule has 0 saturated heterocycles. The molecule has 1 nitrogen and oxygen atoms in total. The number of hydrogen-bond acceptors (Lipinski definition) is 1. The summed E-state index contributed by atoms with van der Waals surface area (Å²) >= 11 is 0. The molecule has 0 bridgehead atoms. The van der Waals surface area contributed by atoms with Gasteiger partial charge in [0, 0.05) is 6.42 Å². The van der Waals surface area contributed by atoms with Gasteiger partial charge in [0.2, 0.25) is 0 Å². The SMILES string of the molecule is CC1=C2C=C[C@@]3(C)CCCC[C@@H]3[C@@H]2CCC1=O. The highest BCUT2D eigenvalue weighted by Gasteiger charge is 2.44. The lowest BCUT2D eigenvalue weighted by atomic mass is 9.56. The van der Waals surface area contributed by atoms with Crippen molar-refractivity contribution in [3.63, 3.8) is 0 Å². The first-order valence-corrected chi connectivity index (χ1v) is 7.05. The number of allylic oxidation sites excluding steroid dienone is 4. The molecule has 1 heteroatoms. The Morgan fingerprint density at radius 2 is 2.12 bits per heavy atom. The van der Waals surface area contributed by atoms with Crippen LogP contribution in [0, 0.1) is 17.3 Å². The maximum absolute atomic E-state index is 11.8. The quantitative estimate of drug-likeness (QED) is 0.613. The van der Waals surface area contributed by atoms with Gasteiger partial charge in [-0.3, -0.25) is 4.79 Å². The van der Waals surface area contributed by atoms with Crippen molar-refractivity contribution < 1.29 is 4.79 Å². The van der Waals surface area contributed by atoms with Crippen molar-refractivity contribution in [3.8, 4) is 0 Å². The highest BCUT2D eigenvalue weighted by molar-refractivity contribution is 5.97. The van der Waals surface area contributed by atoms with E-state index in [-0.39, 0.29) is 0 Å². The number of carbonyl (C=O) groups excluding carboxylic acids is 1. The van der Waals surface area contributed by atoms with Crippen LogP contribution in [0.2, 0.25) is 0 Å². The van der Waals surface area contributed by atoms with Crippen molar-refractivity contribution in [2.24, 2.45) is 17.3 Å². The first-order chi connectivity index (χ1) is 8.12. The van der Waals surface area contributed by atoms with Gasteiger partial charge >= 0.3 is 0 Å². The molecule has 0 radical (unpaired) electrons. The van der Waals surface area contributed by atoms with Crippen molar-refractivity contribution in [3.05, 3.63) is 23.3 Å². The van der Waals surface area contributed by atoms with Crippen LogP contribution in [0.4, 0.5) is 0 Å². The van der Waals surface area contributed by atoms with Crippen molar-refractivity contribution in [2.45, 2.75) is 52.4 Å². The molecule has 0 spiro atoms. The van der Waals surface area contributed by atoms with Gasteiger partial charge in [-0.2, -0.15) is 0 Å². The van der Waals surface area contributed by atoms with Crippen molar-refractivity contribution in [1.29, 1.82) is 0 Å². The maximum Gasteiger partial charge on any atom is 0.158 e. The van der Waals surface area contributed by atoms with Crippen molar-refractivity contribution >= 4 is 5.78 Å². The fourth-order valence-electron chi connectivity index (χ4n) is 4.27. The Morgan fingerprint density at radius 1 is 1.29 bits per heavy atom. The first kappa shape index (κ1) is 11.3. The lowest BCUT2D eigenvalue weighted by Crippen LogP contribution is -2.39. The molecule has 3 aliphatic rings. The average molecular weight is 230 g/mol.